The molecule has 1 heterocycles. The van der Waals surface area contributed by atoms with Gasteiger partial charge in [-0.15, -0.1) is 0 Å². The summed E-state index contributed by atoms with van der Waals surface area (Å²) in [5, 5.41) is 15.1. The van der Waals surface area contributed by atoms with Gasteiger partial charge in [-0.1, -0.05) is 18.5 Å². The van der Waals surface area contributed by atoms with Gasteiger partial charge in [-0.05, 0) is 34.2 Å². The highest BCUT2D eigenvalue weighted by atomic mass is 35.5. The molecular weight excluding hydrogens is 250 g/mol. The van der Waals surface area contributed by atoms with E-state index in [1.807, 2.05) is 11.7 Å². The number of likely N-dealkylation sites (N-methyl/N-ethyl adjacent to an activating group) is 1. The van der Waals surface area contributed by atoms with Crippen molar-refractivity contribution in [3.8, 4) is 0 Å². The van der Waals surface area contributed by atoms with Crippen LogP contribution in [-0.2, 0) is 19.5 Å². The van der Waals surface area contributed by atoms with Crippen LogP contribution in [0.5, 0.6) is 0 Å². The van der Waals surface area contributed by atoms with E-state index in [1.165, 1.54) is 0 Å². The van der Waals surface area contributed by atoms with Gasteiger partial charge in [0.15, 0.2) is 0 Å². The van der Waals surface area contributed by atoms with Gasteiger partial charge >= 0.3 is 0 Å². The molecule has 1 aromatic heterocycles. The molecule has 0 saturated heterocycles. The Bertz CT molecular complexity index is 396. The standard InChI is InChI=1S/C13H24ClN3O/c1-6-10-12(14)11(17(7-2)15-10)8-16(5)9-13(3,4)18/h18H,6-9H2,1-5H3. The third kappa shape index (κ3) is 3.97. The number of nitrogens with zero attached hydrogens (tertiary/aromatic N) is 3. The quantitative estimate of drug-likeness (QED) is 0.865. The first-order chi connectivity index (χ1) is 8.28. The highest BCUT2D eigenvalue weighted by Gasteiger charge is 2.19. The fourth-order valence-electron chi connectivity index (χ4n) is 2.14. The Balaban J connectivity index is 2.86. The number of aliphatic hydroxyl groups is 1. The molecular formula is C13H24ClN3O. The summed E-state index contributed by atoms with van der Waals surface area (Å²) in [7, 11) is 1.98. The van der Waals surface area contributed by atoms with Crippen LogP contribution in [0.4, 0.5) is 0 Å². The Morgan fingerprint density at radius 3 is 2.44 bits per heavy atom. The van der Waals surface area contributed by atoms with E-state index in [1.54, 1.807) is 13.8 Å². The molecule has 0 aliphatic rings. The Labute approximate surface area is 115 Å². The molecule has 0 bridgehead atoms. The molecule has 0 radical (unpaired) electrons. The average Bonchev–Trinajstić information content (AvgIpc) is 2.53. The van der Waals surface area contributed by atoms with Crippen molar-refractivity contribution in [3.05, 3.63) is 16.4 Å². The second-order valence-corrected chi connectivity index (χ2v) is 5.74. The van der Waals surface area contributed by atoms with Crippen molar-refractivity contribution in [2.45, 2.75) is 52.8 Å². The second kappa shape index (κ2) is 6.04. The maximum Gasteiger partial charge on any atom is 0.0863 e. The Morgan fingerprint density at radius 1 is 1.39 bits per heavy atom. The van der Waals surface area contributed by atoms with Gasteiger partial charge < -0.3 is 5.11 Å². The molecule has 0 atom stereocenters. The molecule has 0 aliphatic heterocycles. The molecule has 0 fully saturated rings. The number of aromatic nitrogens is 2. The van der Waals surface area contributed by atoms with Gasteiger partial charge in [-0.25, -0.2) is 0 Å². The molecule has 104 valence electrons. The molecule has 1 N–H and O–H groups in total. The average molecular weight is 274 g/mol. The van der Waals surface area contributed by atoms with Crippen LogP contribution in [0.1, 0.15) is 39.1 Å². The van der Waals surface area contributed by atoms with Gasteiger partial charge in [0.2, 0.25) is 0 Å². The molecule has 1 rings (SSSR count). The molecule has 0 aliphatic carbocycles. The van der Waals surface area contributed by atoms with Crippen molar-refractivity contribution in [1.82, 2.24) is 14.7 Å². The Morgan fingerprint density at radius 2 is 2.00 bits per heavy atom. The zero-order chi connectivity index (χ0) is 13.9. The van der Waals surface area contributed by atoms with E-state index < -0.39 is 5.60 Å². The number of rotatable bonds is 6. The zero-order valence-corrected chi connectivity index (χ0v) is 12.8. The van der Waals surface area contributed by atoms with Crippen molar-refractivity contribution < 1.29 is 5.11 Å². The third-order valence-corrected chi connectivity index (χ3v) is 3.21. The van der Waals surface area contributed by atoms with Crippen molar-refractivity contribution in [1.29, 1.82) is 0 Å². The lowest BCUT2D eigenvalue weighted by atomic mass is 10.1. The molecule has 0 aromatic carbocycles. The lowest BCUT2D eigenvalue weighted by molar-refractivity contribution is 0.0418. The number of aryl methyl sites for hydroxylation is 2. The summed E-state index contributed by atoms with van der Waals surface area (Å²) in [6.45, 7) is 9.83. The van der Waals surface area contributed by atoms with Crippen molar-refractivity contribution >= 4 is 11.6 Å². The molecule has 18 heavy (non-hydrogen) atoms. The summed E-state index contributed by atoms with van der Waals surface area (Å²) >= 11 is 6.35. The van der Waals surface area contributed by atoms with Crippen LogP contribution in [0.2, 0.25) is 5.02 Å². The summed E-state index contributed by atoms with van der Waals surface area (Å²) in [5.74, 6) is 0. The fourth-order valence-corrected chi connectivity index (χ4v) is 2.47. The lowest BCUT2D eigenvalue weighted by Crippen LogP contribution is -2.36. The van der Waals surface area contributed by atoms with Gasteiger partial charge in [0.1, 0.15) is 0 Å². The van der Waals surface area contributed by atoms with Crippen LogP contribution in [0, 0.1) is 0 Å². The minimum atomic E-state index is -0.703. The zero-order valence-electron chi connectivity index (χ0n) is 12.0. The highest BCUT2D eigenvalue weighted by molar-refractivity contribution is 6.31. The van der Waals surface area contributed by atoms with Crippen molar-refractivity contribution in [2.75, 3.05) is 13.6 Å². The molecule has 1 aromatic rings. The van der Waals surface area contributed by atoms with Crippen LogP contribution in [-0.4, -0.2) is 39.0 Å². The first-order valence-electron chi connectivity index (χ1n) is 6.43. The minimum Gasteiger partial charge on any atom is -0.389 e. The van der Waals surface area contributed by atoms with Gasteiger partial charge in [0.25, 0.3) is 0 Å². The Kier molecular flexibility index (Phi) is 5.20. The maximum absolute atomic E-state index is 9.82. The number of halogens is 1. The monoisotopic (exact) mass is 273 g/mol. The van der Waals surface area contributed by atoms with Crippen LogP contribution in [0.15, 0.2) is 0 Å². The maximum atomic E-state index is 9.82. The number of hydrogen-bond acceptors (Lipinski definition) is 3. The van der Waals surface area contributed by atoms with E-state index in [0.717, 1.165) is 29.4 Å². The fraction of sp³-hybridized carbons (Fsp3) is 0.769. The summed E-state index contributed by atoms with van der Waals surface area (Å²) in [6.07, 6.45) is 0.841. The first kappa shape index (κ1) is 15.5. The normalized spacial score (nSPS) is 12.4. The van der Waals surface area contributed by atoms with Gasteiger partial charge in [-0.2, -0.15) is 5.10 Å². The molecule has 0 amide bonds. The molecule has 0 saturated carbocycles. The van der Waals surface area contributed by atoms with E-state index in [0.29, 0.717) is 13.1 Å². The first-order valence-corrected chi connectivity index (χ1v) is 6.81. The van der Waals surface area contributed by atoms with E-state index in [2.05, 4.69) is 23.8 Å². The van der Waals surface area contributed by atoms with Crippen molar-refractivity contribution in [3.63, 3.8) is 0 Å². The number of hydrogen-bond donors (Lipinski definition) is 1. The van der Waals surface area contributed by atoms with Crippen LogP contribution >= 0.6 is 11.6 Å². The molecule has 5 heteroatoms. The summed E-state index contributed by atoms with van der Waals surface area (Å²) in [6, 6.07) is 0. The van der Waals surface area contributed by atoms with E-state index in [4.69, 9.17) is 11.6 Å². The molecule has 0 spiro atoms. The lowest BCUT2D eigenvalue weighted by Gasteiger charge is -2.25. The third-order valence-electron chi connectivity index (χ3n) is 2.77. The van der Waals surface area contributed by atoms with Gasteiger partial charge in [0.05, 0.1) is 22.0 Å². The van der Waals surface area contributed by atoms with E-state index >= 15 is 0 Å². The minimum absolute atomic E-state index is 0.597. The SMILES string of the molecule is CCc1nn(CC)c(CN(C)CC(C)(C)O)c1Cl. The van der Waals surface area contributed by atoms with Crippen molar-refractivity contribution in [2.24, 2.45) is 0 Å². The smallest absolute Gasteiger partial charge is 0.0863 e. The Hall–Kier alpha value is -0.580. The van der Waals surface area contributed by atoms with Crippen LogP contribution in [0.3, 0.4) is 0 Å². The molecule has 4 nitrogen and oxygen atoms in total. The van der Waals surface area contributed by atoms with E-state index in [-0.39, 0.29) is 0 Å². The summed E-state index contributed by atoms with van der Waals surface area (Å²) in [5.41, 5.74) is 1.28. The van der Waals surface area contributed by atoms with Gasteiger partial charge in [-0.3, -0.25) is 9.58 Å². The predicted molar refractivity (Wildman–Crippen MR) is 74.9 cm³/mol. The topological polar surface area (TPSA) is 41.3 Å². The van der Waals surface area contributed by atoms with Gasteiger partial charge in [0, 0.05) is 19.6 Å². The molecule has 0 unspecified atom stereocenters. The highest BCUT2D eigenvalue weighted by Crippen LogP contribution is 2.23. The summed E-state index contributed by atoms with van der Waals surface area (Å²) < 4.78 is 1.95. The largest absolute Gasteiger partial charge is 0.389 e. The second-order valence-electron chi connectivity index (χ2n) is 5.36. The predicted octanol–water partition coefficient (Wildman–Crippen LogP) is 2.32. The van der Waals surface area contributed by atoms with Crippen LogP contribution < -0.4 is 0 Å². The van der Waals surface area contributed by atoms with Crippen LogP contribution in [0.25, 0.3) is 0 Å². The summed E-state index contributed by atoms with van der Waals surface area (Å²) in [4.78, 5) is 2.06. The van der Waals surface area contributed by atoms with E-state index in [9.17, 15) is 5.11 Å².